The Balaban J connectivity index is 1.47. The molecule has 0 bridgehead atoms. The summed E-state index contributed by atoms with van der Waals surface area (Å²) in [5.74, 6) is 0.698. The number of para-hydroxylation sites is 1. The van der Waals surface area contributed by atoms with Crippen LogP contribution in [0.4, 0.5) is 10.5 Å². The van der Waals surface area contributed by atoms with Crippen molar-refractivity contribution >= 4 is 23.5 Å². The van der Waals surface area contributed by atoms with Gasteiger partial charge in [0, 0.05) is 24.9 Å². The second-order valence-electron chi connectivity index (χ2n) is 6.45. The van der Waals surface area contributed by atoms with Crippen molar-refractivity contribution in [1.82, 2.24) is 15.8 Å². The zero-order valence-corrected chi connectivity index (χ0v) is 14.0. The van der Waals surface area contributed by atoms with Crippen LogP contribution in [0.2, 0.25) is 0 Å². The van der Waals surface area contributed by atoms with E-state index in [-0.39, 0.29) is 31.3 Å². The molecule has 134 valence electrons. The minimum atomic E-state index is -0.521. The summed E-state index contributed by atoms with van der Waals surface area (Å²) in [6, 6.07) is 8.15. The minimum Gasteiger partial charge on any atom is -0.361 e. The highest BCUT2D eigenvalue weighted by atomic mass is 16.5. The predicted octanol–water partition coefficient (Wildman–Crippen LogP) is 1.93. The summed E-state index contributed by atoms with van der Waals surface area (Å²) in [6.07, 6.45) is 2.44. The van der Waals surface area contributed by atoms with Gasteiger partial charge in [-0.15, -0.1) is 0 Å². The molecule has 0 radical (unpaired) electrons. The Bertz CT molecular complexity index is 872. The van der Waals surface area contributed by atoms with Crippen LogP contribution < -0.4 is 15.5 Å². The van der Waals surface area contributed by atoms with Crippen LogP contribution in [0.15, 0.2) is 34.9 Å². The van der Waals surface area contributed by atoms with E-state index in [0.717, 1.165) is 18.6 Å². The van der Waals surface area contributed by atoms with Gasteiger partial charge in [-0.2, -0.15) is 0 Å². The molecule has 26 heavy (non-hydrogen) atoms. The van der Waals surface area contributed by atoms with Crippen molar-refractivity contribution in [1.29, 1.82) is 0 Å². The Kier molecular flexibility index (Phi) is 4.16. The number of carbonyl (C=O) groups excluding carboxylic acids is 3. The second kappa shape index (κ2) is 6.62. The number of hydrogen-bond acceptors (Lipinski definition) is 5. The summed E-state index contributed by atoms with van der Waals surface area (Å²) in [4.78, 5) is 37.4. The lowest BCUT2D eigenvalue weighted by molar-refractivity contribution is -0.120. The van der Waals surface area contributed by atoms with Crippen LogP contribution in [0.1, 0.15) is 47.0 Å². The molecule has 1 aromatic carbocycles. The highest BCUT2D eigenvalue weighted by Gasteiger charge is 2.29. The van der Waals surface area contributed by atoms with Crippen molar-refractivity contribution in [3.05, 3.63) is 47.3 Å². The van der Waals surface area contributed by atoms with Crippen molar-refractivity contribution in [2.45, 2.75) is 31.7 Å². The van der Waals surface area contributed by atoms with Gasteiger partial charge in [-0.05, 0) is 25.0 Å². The highest BCUT2D eigenvalue weighted by Crippen LogP contribution is 2.40. The number of benzene rings is 1. The minimum absolute atomic E-state index is 0.199. The van der Waals surface area contributed by atoms with Crippen molar-refractivity contribution < 1.29 is 18.9 Å². The summed E-state index contributed by atoms with van der Waals surface area (Å²) < 4.78 is 5.28. The zero-order chi connectivity index (χ0) is 18.1. The quantitative estimate of drug-likeness (QED) is 0.854. The second-order valence-corrected chi connectivity index (χ2v) is 6.45. The van der Waals surface area contributed by atoms with Crippen LogP contribution in [0.25, 0.3) is 0 Å². The van der Waals surface area contributed by atoms with Crippen molar-refractivity contribution in [2.75, 3.05) is 11.4 Å². The molecule has 0 unspecified atom stereocenters. The SMILES string of the molecule is O=C1CCN(c2ccccc2C(=O)NCc2cc(C3CC3)on2)C(=O)N1. The number of anilines is 1. The lowest BCUT2D eigenvalue weighted by Gasteiger charge is -2.28. The van der Waals surface area contributed by atoms with Gasteiger partial charge in [0.2, 0.25) is 5.91 Å². The van der Waals surface area contributed by atoms with E-state index in [9.17, 15) is 14.4 Å². The summed E-state index contributed by atoms with van der Waals surface area (Å²) in [7, 11) is 0. The van der Waals surface area contributed by atoms with Gasteiger partial charge >= 0.3 is 6.03 Å². The van der Waals surface area contributed by atoms with E-state index >= 15 is 0 Å². The zero-order valence-electron chi connectivity index (χ0n) is 14.0. The van der Waals surface area contributed by atoms with Gasteiger partial charge in [-0.1, -0.05) is 17.3 Å². The molecule has 8 heteroatoms. The molecule has 1 aliphatic heterocycles. The van der Waals surface area contributed by atoms with E-state index < -0.39 is 6.03 Å². The number of hydrogen-bond donors (Lipinski definition) is 2. The summed E-state index contributed by atoms with van der Waals surface area (Å²) >= 11 is 0. The predicted molar refractivity (Wildman–Crippen MR) is 91.6 cm³/mol. The topological polar surface area (TPSA) is 105 Å². The van der Waals surface area contributed by atoms with Gasteiger partial charge in [0.1, 0.15) is 11.5 Å². The molecule has 2 aromatic rings. The number of nitrogens with zero attached hydrogens (tertiary/aromatic N) is 2. The number of imide groups is 1. The molecule has 2 heterocycles. The van der Waals surface area contributed by atoms with E-state index in [4.69, 9.17) is 4.52 Å². The molecule has 1 aromatic heterocycles. The molecule has 1 saturated carbocycles. The lowest BCUT2D eigenvalue weighted by atomic mass is 10.1. The number of nitrogens with one attached hydrogen (secondary N) is 2. The van der Waals surface area contributed by atoms with Crippen LogP contribution in [-0.4, -0.2) is 29.5 Å². The number of amides is 4. The molecule has 2 aliphatic rings. The molecule has 2 N–H and O–H groups in total. The number of urea groups is 1. The van der Waals surface area contributed by atoms with Crippen molar-refractivity contribution in [3.8, 4) is 0 Å². The molecule has 8 nitrogen and oxygen atoms in total. The van der Waals surface area contributed by atoms with Gasteiger partial charge in [-0.25, -0.2) is 4.79 Å². The summed E-state index contributed by atoms with van der Waals surface area (Å²) in [5.41, 5.74) is 1.50. The average molecular weight is 354 g/mol. The third-order valence-electron chi connectivity index (χ3n) is 4.48. The Hall–Kier alpha value is -3.16. The first-order chi connectivity index (χ1) is 12.6. The first kappa shape index (κ1) is 16.3. The molecule has 0 atom stereocenters. The fourth-order valence-electron chi connectivity index (χ4n) is 2.93. The van der Waals surface area contributed by atoms with E-state index in [0.29, 0.717) is 22.9 Å². The molecule has 2 fully saturated rings. The molecular weight excluding hydrogens is 336 g/mol. The number of aromatic nitrogens is 1. The third-order valence-corrected chi connectivity index (χ3v) is 4.48. The maximum atomic E-state index is 12.6. The Labute approximate surface area is 149 Å². The Morgan fingerprint density at radius 1 is 1.31 bits per heavy atom. The first-order valence-electron chi connectivity index (χ1n) is 8.56. The van der Waals surface area contributed by atoms with Crippen molar-refractivity contribution in [2.24, 2.45) is 0 Å². The maximum absolute atomic E-state index is 12.6. The molecule has 1 aliphatic carbocycles. The molecular formula is C18H18N4O4. The number of rotatable bonds is 5. The molecule has 1 saturated heterocycles. The fraction of sp³-hybridized carbons (Fsp3) is 0.333. The van der Waals surface area contributed by atoms with Crippen LogP contribution in [-0.2, 0) is 11.3 Å². The Morgan fingerprint density at radius 2 is 2.12 bits per heavy atom. The van der Waals surface area contributed by atoms with Gasteiger partial charge in [0.25, 0.3) is 5.91 Å². The van der Waals surface area contributed by atoms with E-state index in [1.165, 1.54) is 4.90 Å². The van der Waals surface area contributed by atoms with E-state index in [2.05, 4.69) is 15.8 Å². The van der Waals surface area contributed by atoms with Crippen LogP contribution in [0, 0.1) is 0 Å². The molecule has 0 spiro atoms. The van der Waals surface area contributed by atoms with E-state index in [1.54, 1.807) is 24.3 Å². The van der Waals surface area contributed by atoms with E-state index in [1.807, 2.05) is 6.07 Å². The summed E-state index contributed by atoms with van der Waals surface area (Å²) in [5, 5.41) is 9.04. The standard InChI is InChI=1S/C18H18N4O4/c23-16-7-8-22(18(25)20-16)14-4-2-1-3-13(14)17(24)19-10-12-9-15(26-21-12)11-5-6-11/h1-4,9,11H,5-8,10H2,(H,19,24)(H,20,23,25). The van der Waals surface area contributed by atoms with Gasteiger partial charge in [-0.3, -0.25) is 19.8 Å². The van der Waals surface area contributed by atoms with Crippen molar-refractivity contribution in [3.63, 3.8) is 0 Å². The van der Waals surface area contributed by atoms with Gasteiger partial charge < -0.3 is 9.84 Å². The number of carbonyl (C=O) groups is 3. The summed E-state index contributed by atoms with van der Waals surface area (Å²) in [6.45, 7) is 0.483. The molecule has 4 rings (SSSR count). The maximum Gasteiger partial charge on any atom is 0.328 e. The smallest absolute Gasteiger partial charge is 0.328 e. The normalized spacial score (nSPS) is 17.2. The monoisotopic (exact) mass is 354 g/mol. The van der Waals surface area contributed by atoms with Crippen LogP contribution in [0.3, 0.4) is 0 Å². The fourth-order valence-corrected chi connectivity index (χ4v) is 2.93. The lowest BCUT2D eigenvalue weighted by Crippen LogP contribution is -2.50. The van der Waals surface area contributed by atoms with Crippen LogP contribution in [0.5, 0.6) is 0 Å². The average Bonchev–Trinajstić information content (AvgIpc) is 3.38. The Morgan fingerprint density at radius 3 is 2.88 bits per heavy atom. The largest absolute Gasteiger partial charge is 0.361 e. The highest BCUT2D eigenvalue weighted by molar-refractivity contribution is 6.09. The first-order valence-corrected chi connectivity index (χ1v) is 8.56. The molecule has 4 amide bonds. The van der Waals surface area contributed by atoms with Gasteiger partial charge in [0.05, 0.1) is 17.8 Å². The van der Waals surface area contributed by atoms with Gasteiger partial charge in [0.15, 0.2) is 0 Å². The van der Waals surface area contributed by atoms with Crippen LogP contribution >= 0.6 is 0 Å². The third kappa shape index (κ3) is 3.30.